The van der Waals surface area contributed by atoms with Crippen molar-refractivity contribution in [1.29, 1.82) is 0 Å². The predicted molar refractivity (Wildman–Crippen MR) is 79.3 cm³/mol. The van der Waals surface area contributed by atoms with Crippen molar-refractivity contribution >= 4 is 13.5 Å². The smallest absolute Gasteiger partial charge is 0.448 e. The molecule has 0 saturated heterocycles. The lowest BCUT2D eigenvalue weighted by atomic mass is 9.95. The molecule has 0 atom stereocenters. The molecule has 112 valence electrons. The summed E-state index contributed by atoms with van der Waals surface area (Å²) in [6.45, 7) is 0. The van der Waals surface area contributed by atoms with Crippen molar-refractivity contribution < 1.29 is 24.6 Å². The molecule has 1 aliphatic carbocycles. The number of aliphatic hydroxyl groups is 1. The molecule has 0 saturated carbocycles. The second-order valence-corrected chi connectivity index (χ2v) is 5.98. The van der Waals surface area contributed by atoms with Crippen LogP contribution in [0.4, 0.5) is 0 Å². The number of aliphatic hydroxyl groups excluding tert-OH is 1. The first kappa shape index (κ1) is 15.5. The Balaban J connectivity index is 2.16. The van der Waals surface area contributed by atoms with Crippen LogP contribution in [0, 0.1) is 0 Å². The van der Waals surface area contributed by atoms with E-state index in [2.05, 4.69) is 4.76 Å². The van der Waals surface area contributed by atoms with E-state index in [0.29, 0.717) is 18.4 Å². The Kier molecular flexibility index (Phi) is 4.63. The largest absolute Gasteiger partial charge is 0.512 e. The molecular formula is C14H16NO5P. The molecule has 0 heterocycles. The predicted octanol–water partition coefficient (Wildman–Crippen LogP) is 2.63. The molecule has 21 heavy (non-hydrogen) atoms. The number of hydrogen-bond donors (Lipinski definition) is 4. The Morgan fingerprint density at radius 3 is 2.57 bits per heavy atom. The van der Waals surface area contributed by atoms with E-state index >= 15 is 0 Å². The minimum absolute atomic E-state index is 0.0109. The van der Waals surface area contributed by atoms with E-state index in [9.17, 15) is 14.8 Å². The second kappa shape index (κ2) is 6.26. The second-order valence-electron chi connectivity index (χ2n) is 4.76. The molecule has 0 bridgehead atoms. The molecule has 4 N–H and O–H groups in total. The molecule has 1 aliphatic rings. The fourth-order valence-electron chi connectivity index (χ4n) is 2.11. The number of allylic oxidation sites excluding steroid dienone is 4. The van der Waals surface area contributed by atoms with Crippen molar-refractivity contribution in [2.45, 2.75) is 19.3 Å². The standard InChI is InChI=1S/C14H16NO5P/c16-12-3-1-2-10(8-12)4-5-11-6-7-13(17)9-14(11)15-21(18,19)20/h1-3,6-8,16-17H,4-5,9H2,(H2,18,19,20). The van der Waals surface area contributed by atoms with E-state index in [1.165, 1.54) is 6.08 Å². The van der Waals surface area contributed by atoms with Gasteiger partial charge in [-0.2, -0.15) is 4.76 Å². The van der Waals surface area contributed by atoms with Crippen molar-refractivity contribution in [3.63, 3.8) is 0 Å². The van der Waals surface area contributed by atoms with Crippen molar-refractivity contribution in [3.05, 3.63) is 53.3 Å². The van der Waals surface area contributed by atoms with Crippen LogP contribution in [-0.2, 0) is 11.0 Å². The van der Waals surface area contributed by atoms with E-state index in [1.54, 1.807) is 24.3 Å². The van der Waals surface area contributed by atoms with E-state index in [4.69, 9.17) is 9.79 Å². The number of aromatic hydroxyl groups is 1. The Hall–Kier alpha value is -1.88. The minimum Gasteiger partial charge on any atom is -0.512 e. The number of rotatable bonds is 4. The zero-order chi connectivity index (χ0) is 15.5. The van der Waals surface area contributed by atoms with Crippen LogP contribution >= 0.6 is 7.75 Å². The van der Waals surface area contributed by atoms with Gasteiger partial charge in [0.1, 0.15) is 5.75 Å². The summed E-state index contributed by atoms with van der Waals surface area (Å²) in [7, 11) is -4.53. The quantitative estimate of drug-likeness (QED) is 0.639. The highest BCUT2D eigenvalue weighted by Gasteiger charge is 2.19. The zero-order valence-corrected chi connectivity index (χ0v) is 12.1. The fourth-order valence-corrected chi connectivity index (χ4v) is 2.63. The number of nitrogens with zero attached hydrogens (tertiary/aromatic N) is 1. The third kappa shape index (κ3) is 4.86. The maximum atomic E-state index is 11.0. The number of phenolic OH excluding ortho intramolecular Hbond substituents is 1. The summed E-state index contributed by atoms with van der Waals surface area (Å²) in [6, 6.07) is 6.80. The van der Waals surface area contributed by atoms with E-state index in [1.807, 2.05) is 6.07 Å². The summed E-state index contributed by atoms with van der Waals surface area (Å²) in [4.78, 5) is 17.9. The molecule has 7 heteroatoms. The average molecular weight is 309 g/mol. The fraction of sp³-hybridized carbons (Fsp3) is 0.214. The lowest BCUT2D eigenvalue weighted by molar-refractivity contribution is 0.374. The summed E-state index contributed by atoms with van der Waals surface area (Å²) in [6.07, 6.45) is 4.21. The van der Waals surface area contributed by atoms with Gasteiger partial charge < -0.3 is 20.0 Å². The zero-order valence-electron chi connectivity index (χ0n) is 11.2. The van der Waals surface area contributed by atoms with Crippen LogP contribution in [0.3, 0.4) is 0 Å². The summed E-state index contributed by atoms with van der Waals surface area (Å²) in [5.41, 5.74) is 1.77. The van der Waals surface area contributed by atoms with Gasteiger partial charge in [-0.3, -0.25) is 0 Å². The molecule has 0 fully saturated rings. The Bertz CT molecular complexity index is 672. The molecular weight excluding hydrogens is 293 g/mol. The van der Waals surface area contributed by atoms with Crippen LogP contribution in [0.2, 0.25) is 0 Å². The van der Waals surface area contributed by atoms with Crippen LogP contribution in [0.25, 0.3) is 0 Å². The maximum Gasteiger partial charge on any atom is 0.448 e. The van der Waals surface area contributed by atoms with Crippen LogP contribution in [0.15, 0.2) is 52.5 Å². The Morgan fingerprint density at radius 2 is 1.90 bits per heavy atom. The summed E-state index contributed by atoms with van der Waals surface area (Å²) < 4.78 is 14.4. The van der Waals surface area contributed by atoms with E-state index in [-0.39, 0.29) is 23.6 Å². The first-order chi connectivity index (χ1) is 9.83. The molecule has 2 rings (SSSR count). The van der Waals surface area contributed by atoms with Crippen molar-refractivity contribution in [3.8, 4) is 5.75 Å². The molecule has 0 spiro atoms. The molecule has 0 amide bonds. The maximum absolute atomic E-state index is 11.0. The Morgan fingerprint density at radius 1 is 1.14 bits per heavy atom. The van der Waals surface area contributed by atoms with Gasteiger partial charge in [0.05, 0.1) is 11.5 Å². The molecule has 0 unspecified atom stereocenters. The number of aryl methyl sites for hydroxylation is 1. The third-order valence-corrected chi connectivity index (χ3v) is 3.54. The number of benzene rings is 1. The van der Waals surface area contributed by atoms with Gasteiger partial charge >= 0.3 is 7.75 Å². The van der Waals surface area contributed by atoms with Crippen LogP contribution < -0.4 is 0 Å². The van der Waals surface area contributed by atoms with Gasteiger partial charge in [0.2, 0.25) is 0 Å². The molecule has 0 aliphatic heterocycles. The van der Waals surface area contributed by atoms with Gasteiger partial charge in [-0.1, -0.05) is 18.2 Å². The Labute approximate surface area is 122 Å². The molecule has 0 aromatic heterocycles. The lowest BCUT2D eigenvalue weighted by Crippen LogP contribution is -2.09. The number of hydrogen-bond acceptors (Lipinski definition) is 3. The van der Waals surface area contributed by atoms with E-state index in [0.717, 1.165) is 5.56 Å². The summed E-state index contributed by atoms with van der Waals surface area (Å²) in [5, 5.41) is 18.9. The van der Waals surface area contributed by atoms with Crippen LogP contribution in [-0.4, -0.2) is 25.7 Å². The molecule has 0 radical (unpaired) electrons. The highest BCUT2D eigenvalue weighted by Crippen LogP contribution is 2.38. The first-order valence-electron chi connectivity index (χ1n) is 6.35. The lowest BCUT2D eigenvalue weighted by Gasteiger charge is -2.15. The van der Waals surface area contributed by atoms with Gasteiger partial charge in [-0.25, -0.2) is 4.57 Å². The highest BCUT2D eigenvalue weighted by molar-refractivity contribution is 7.50. The van der Waals surface area contributed by atoms with Crippen molar-refractivity contribution in [2.75, 3.05) is 0 Å². The topological polar surface area (TPSA) is 110 Å². The average Bonchev–Trinajstić information content (AvgIpc) is 2.36. The molecule has 6 nitrogen and oxygen atoms in total. The summed E-state index contributed by atoms with van der Waals surface area (Å²) >= 11 is 0. The first-order valence-corrected chi connectivity index (χ1v) is 7.91. The summed E-state index contributed by atoms with van der Waals surface area (Å²) in [5.74, 6) is 0.190. The third-order valence-electron chi connectivity index (χ3n) is 3.04. The monoisotopic (exact) mass is 309 g/mol. The molecule has 1 aromatic rings. The molecule has 1 aromatic carbocycles. The van der Waals surface area contributed by atoms with Crippen molar-refractivity contribution in [2.24, 2.45) is 4.76 Å². The van der Waals surface area contributed by atoms with Crippen molar-refractivity contribution in [1.82, 2.24) is 0 Å². The van der Waals surface area contributed by atoms with E-state index < -0.39 is 7.75 Å². The van der Waals surface area contributed by atoms with Gasteiger partial charge in [-0.05, 0) is 42.2 Å². The number of phenols is 1. The highest BCUT2D eigenvalue weighted by atomic mass is 31.2. The van der Waals surface area contributed by atoms with Crippen LogP contribution in [0.5, 0.6) is 5.75 Å². The van der Waals surface area contributed by atoms with Crippen LogP contribution in [0.1, 0.15) is 18.4 Å². The van der Waals surface area contributed by atoms with Gasteiger partial charge in [0.25, 0.3) is 0 Å². The SMILES string of the molecule is O=P(O)(O)N=C1CC(O)=CC=C1CCc1cccc(O)c1. The minimum atomic E-state index is -4.53. The van der Waals surface area contributed by atoms with Gasteiger partial charge in [0, 0.05) is 6.42 Å². The van der Waals surface area contributed by atoms with Gasteiger partial charge in [-0.15, -0.1) is 0 Å². The normalized spacial score (nSPS) is 17.5. The van der Waals surface area contributed by atoms with Gasteiger partial charge in [0.15, 0.2) is 0 Å².